The Balaban J connectivity index is 1.74. The highest BCUT2D eigenvalue weighted by molar-refractivity contribution is 5.82. The molecule has 3 aromatic carbocycles. The molecule has 3 heteroatoms. The van der Waals surface area contributed by atoms with Crippen molar-refractivity contribution in [1.29, 1.82) is 0 Å². The van der Waals surface area contributed by atoms with Crippen LogP contribution < -0.4 is 0 Å². The Morgan fingerprint density at radius 3 is 1.74 bits per heavy atom. The van der Waals surface area contributed by atoms with Crippen molar-refractivity contribution in [2.24, 2.45) is 0 Å². The van der Waals surface area contributed by atoms with Gasteiger partial charge in [0.2, 0.25) is 0 Å². The standard InChI is InChI=1S/C28H21F3/c1-4-19-11-15-23-24-16-12-21(18-26(24)27(5-2,6-3)25(23)17-19)8-7-20-9-13-22(14-10-20)28(29,30)31/h1,9-18H,5-6H2,2-3H3. The Hall–Kier alpha value is -3.43. The van der Waals surface area contributed by atoms with Crippen LogP contribution in [0.3, 0.4) is 0 Å². The van der Waals surface area contributed by atoms with Crippen LogP contribution in [0.15, 0.2) is 60.7 Å². The van der Waals surface area contributed by atoms with Crippen molar-refractivity contribution >= 4 is 0 Å². The minimum Gasteiger partial charge on any atom is -0.166 e. The van der Waals surface area contributed by atoms with Gasteiger partial charge in [0.25, 0.3) is 0 Å². The van der Waals surface area contributed by atoms with Crippen LogP contribution in [0, 0.1) is 24.2 Å². The zero-order valence-corrected chi connectivity index (χ0v) is 17.4. The highest BCUT2D eigenvalue weighted by atomic mass is 19.4. The number of fused-ring (bicyclic) bond motifs is 3. The predicted octanol–water partition coefficient (Wildman–Crippen LogP) is 7.17. The number of hydrogen-bond acceptors (Lipinski definition) is 0. The van der Waals surface area contributed by atoms with E-state index in [4.69, 9.17) is 6.42 Å². The molecule has 1 aliphatic carbocycles. The molecule has 0 radical (unpaired) electrons. The van der Waals surface area contributed by atoms with Crippen LogP contribution in [0.2, 0.25) is 0 Å². The number of terminal acetylenes is 1. The Labute approximate surface area is 181 Å². The first-order valence-electron chi connectivity index (χ1n) is 10.3. The lowest BCUT2D eigenvalue weighted by Crippen LogP contribution is -2.23. The van der Waals surface area contributed by atoms with E-state index < -0.39 is 11.7 Å². The van der Waals surface area contributed by atoms with Gasteiger partial charge in [-0.2, -0.15) is 13.2 Å². The molecule has 0 N–H and O–H groups in total. The topological polar surface area (TPSA) is 0 Å². The summed E-state index contributed by atoms with van der Waals surface area (Å²) in [7, 11) is 0. The molecule has 0 unspecified atom stereocenters. The largest absolute Gasteiger partial charge is 0.416 e. The number of rotatable bonds is 2. The zero-order valence-electron chi connectivity index (χ0n) is 17.4. The average Bonchev–Trinajstić information content (AvgIpc) is 3.06. The van der Waals surface area contributed by atoms with Gasteiger partial charge in [-0.25, -0.2) is 0 Å². The summed E-state index contributed by atoms with van der Waals surface area (Å²) in [6.45, 7) is 4.37. The Kier molecular flexibility index (Phi) is 5.16. The minimum atomic E-state index is -4.34. The van der Waals surface area contributed by atoms with Crippen LogP contribution >= 0.6 is 0 Å². The molecule has 0 bridgehead atoms. The van der Waals surface area contributed by atoms with Crippen molar-refractivity contribution in [2.75, 3.05) is 0 Å². The molecule has 4 rings (SSSR count). The van der Waals surface area contributed by atoms with Crippen LogP contribution in [0.5, 0.6) is 0 Å². The molecular weight excluding hydrogens is 393 g/mol. The van der Waals surface area contributed by atoms with Gasteiger partial charge in [-0.1, -0.05) is 43.7 Å². The van der Waals surface area contributed by atoms with Crippen molar-refractivity contribution in [2.45, 2.75) is 38.3 Å². The summed E-state index contributed by atoms with van der Waals surface area (Å²) < 4.78 is 38.3. The summed E-state index contributed by atoms with van der Waals surface area (Å²) in [5.41, 5.74) is 6.38. The quantitative estimate of drug-likeness (QED) is 0.390. The van der Waals surface area contributed by atoms with Gasteiger partial charge in [0, 0.05) is 22.1 Å². The fraction of sp³-hybridized carbons (Fsp3) is 0.214. The lowest BCUT2D eigenvalue weighted by Gasteiger charge is -2.29. The van der Waals surface area contributed by atoms with Crippen molar-refractivity contribution in [3.05, 3.63) is 94.0 Å². The highest BCUT2D eigenvalue weighted by Gasteiger charge is 2.40. The smallest absolute Gasteiger partial charge is 0.166 e. The molecule has 0 saturated carbocycles. The van der Waals surface area contributed by atoms with Gasteiger partial charge in [0.1, 0.15) is 0 Å². The number of alkyl halides is 3. The van der Waals surface area contributed by atoms with E-state index in [9.17, 15) is 13.2 Å². The molecule has 0 saturated heterocycles. The predicted molar refractivity (Wildman–Crippen MR) is 119 cm³/mol. The first kappa shape index (κ1) is 20.8. The Morgan fingerprint density at radius 1 is 0.742 bits per heavy atom. The second-order valence-electron chi connectivity index (χ2n) is 7.78. The maximum Gasteiger partial charge on any atom is 0.416 e. The molecule has 0 fully saturated rings. The van der Waals surface area contributed by atoms with E-state index in [0.717, 1.165) is 36.1 Å². The van der Waals surface area contributed by atoms with Crippen LogP contribution in [0.4, 0.5) is 13.2 Å². The van der Waals surface area contributed by atoms with E-state index in [2.05, 4.69) is 55.9 Å². The van der Waals surface area contributed by atoms with E-state index in [1.165, 1.54) is 34.4 Å². The van der Waals surface area contributed by atoms with Crippen molar-refractivity contribution in [1.82, 2.24) is 0 Å². The maximum absolute atomic E-state index is 12.8. The van der Waals surface area contributed by atoms with Gasteiger partial charge in [-0.05, 0) is 83.6 Å². The molecule has 0 amide bonds. The van der Waals surface area contributed by atoms with Gasteiger partial charge in [0.05, 0.1) is 5.56 Å². The lowest BCUT2D eigenvalue weighted by atomic mass is 9.73. The number of halogens is 3. The second kappa shape index (κ2) is 7.68. The summed E-state index contributed by atoms with van der Waals surface area (Å²) in [4.78, 5) is 0. The molecule has 0 aliphatic heterocycles. The monoisotopic (exact) mass is 414 g/mol. The van der Waals surface area contributed by atoms with E-state index in [0.29, 0.717) is 5.56 Å². The summed E-state index contributed by atoms with van der Waals surface area (Å²) in [5.74, 6) is 8.85. The van der Waals surface area contributed by atoms with Crippen LogP contribution in [0.1, 0.15) is 60.1 Å². The Bertz CT molecular complexity index is 1240. The fourth-order valence-corrected chi connectivity index (χ4v) is 4.56. The third-order valence-electron chi connectivity index (χ3n) is 6.30. The summed E-state index contributed by atoms with van der Waals surface area (Å²) >= 11 is 0. The van der Waals surface area contributed by atoms with Gasteiger partial charge < -0.3 is 0 Å². The van der Waals surface area contributed by atoms with Crippen LogP contribution in [-0.2, 0) is 11.6 Å². The van der Waals surface area contributed by atoms with Crippen LogP contribution in [0.25, 0.3) is 11.1 Å². The van der Waals surface area contributed by atoms with E-state index in [-0.39, 0.29) is 5.41 Å². The molecular formula is C28H21F3. The van der Waals surface area contributed by atoms with Gasteiger partial charge >= 0.3 is 6.18 Å². The van der Waals surface area contributed by atoms with Crippen LogP contribution in [-0.4, -0.2) is 0 Å². The maximum atomic E-state index is 12.8. The summed E-state index contributed by atoms with van der Waals surface area (Å²) in [6.07, 6.45) is 3.17. The SMILES string of the molecule is C#Cc1ccc2c(c1)C(CC)(CC)c1cc(C#Cc3ccc(C(F)(F)F)cc3)ccc1-2. The molecule has 154 valence electrons. The third-order valence-corrected chi connectivity index (χ3v) is 6.30. The van der Waals surface area contributed by atoms with E-state index >= 15 is 0 Å². The van der Waals surface area contributed by atoms with E-state index in [1.54, 1.807) is 0 Å². The molecule has 3 aromatic rings. The highest BCUT2D eigenvalue weighted by Crippen LogP contribution is 2.53. The van der Waals surface area contributed by atoms with Gasteiger partial charge in [0.15, 0.2) is 0 Å². The van der Waals surface area contributed by atoms with Crippen molar-refractivity contribution < 1.29 is 13.2 Å². The number of hydrogen-bond donors (Lipinski definition) is 0. The second-order valence-corrected chi connectivity index (χ2v) is 7.78. The summed E-state index contributed by atoms with van der Waals surface area (Å²) in [6, 6.07) is 17.3. The molecule has 0 nitrogen and oxygen atoms in total. The molecule has 31 heavy (non-hydrogen) atoms. The first-order chi connectivity index (χ1) is 14.8. The number of benzene rings is 3. The molecule has 0 atom stereocenters. The minimum absolute atomic E-state index is 0.121. The summed E-state index contributed by atoms with van der Waals surface area (Å²) in [5, 5.41) is 0. The van der Waals surface area contributed by atoms with Crippen molar-refractivity contribution in [3.63, 3.8) is 0 Å². The normalized spacial score (nSPS) is 13.5. The third kappa shape index (κ3) is 3.51. The fourth-order valence-electron chi connectivity index (χ4n) is 4.56. The molecule has 0 spiro atoms. The van der Waals surface area contributed by atoms with E-state index in [1.807, 2.05) is 12.1 Å². The van der Waals surface area contributed by atoms with Crippen molar-refractivity contribution in [3.8, 4) is 35.3 Å². The van der Waals surface area contributed by atoms with Gasteiger partial charge in [-0.15, -0.1) is 6.42 Å². The molecule has 0 heterocycles. The Morgan fingerprint density at radius 2 is 1.23 bits per heavy atom. The first-order valence-corrected chi connectivity index (χ1v) is 10.3. The molecule has 1 aliphatic rings. The van der Waals surface area contributed by atoms with Gasteiger partial charge in [-0.3, -0.25) is 0 Å². The lowest BCUT2D eigenvalue weighted by molar-refractivity contribution is -0.137. The molecule has 0 aromatic heterocycles. The average molecular weight is 414 g/mol. The zero-order chi connectivity index (χ0) is 22.2.